The van der Waals surface area contributed by atoms with Crippen molar-refractivity contribution in [1.82, 2.24) is 10.3 Å². The minimum absolute atomic E-state index is 0.0811. The van der Waals surface area contributed by atoms with Gasteiger partial charge in [0.15, 0.2) is 5.13 Å². The lowest BCUT2D eigenvalue weighted by Crippen LogP contribution is -2.34. The molecule has 0 aliphatic rings. The van der Waals surface area contributed by atoms with Crippen LogP contribution in [0.5, 0.6) is 11.5 Å². The Hall–Kier alpha value is -3.36. The average molecular weight is 647 g/mol. The van der Waals surface area contributed by atoms with Gasteiger partial charge in [-0.05, 0) is 36.1 Å². The van der Waals surface area contributed by atoms with Crippen LogP contribution in [0.15, 0.2) is 41.4 Å². The highest BCUT2D eigenvalue weighted by Crippen LogP contribution is 2.36. The summed E-state index contributed by atoms with van der Waals surface area (Å²) in [5.41, 5.74) is 0.290. The molecule has 15 heteroatoms. The first kappa shape index (κ1) is 33.1. The number of thiazole rings is 1. The van der Waals surface area contributed by atoms with Crippen LogP contribution >= 0.6 is 22.9 Å². The molecule has 0 saturated carbocycles. The Morgan fingerprint density at radius 3 is 2.45 bits per heavy atom. The molecule has 0 radical (unpaired) electrons. The molecule has 1 unspecified atom stereocenters. The second-order valence-corrected chi connectivity index (χ2v) is 13.5. The van der Waals surface area contributed by atoms with E-state index in [1.54, 1.807) is 18.2 Å². The van der Waals surface area contributed by atoms with Gasteiger partial charge in [0.2, 0.25) is 5.13 Å². The molecule has 2 N–H and O–H groups in total. The molecule has 3 aromatic rings. The topological polar surface area (TPSA) is 119 Å². The van der Waals surface area contributed by atoms with E-state index in [-0.39, 0.29) is 34.3 Å². The van der Waals surface area contributed by atoms with Gasteiger partial charge in [0.25, 0.3) is 10.0 Å². The number of ether oxygens (including phenoxy) is 3. The minimum Gasteiger partial charge on any atom is -0.497 e. The number of sulfonamides is 1. The highest BCUT2D eigenvalue weighted by molar-refractivity contribution is 7.93. The maximum absolute atomic E-state index is 15.5. The van der Waals surface area contributed by atoms with E-state index in [9.17, 15) is 17.6 Å². The zero-order valence-electron chi connectivity index (χ0n) is 24.0. The van der Waals surface area contributed by atoms with Gasteiger partial charge in [-0.3, -0.25) is 0 Å². The van der Waals surface area contributed by atoms with E-state index in [1.807, 2.05) is 20.8 Å². The molecule has 0 fully saturated rings. The number of hydrogen-bond donors (Lipinski definition) is 2. The maximum atomic E-state index is 15.5. The van der Waals surface area contributed by atoms with Crippen molar-refractivity contribution in [3.63, 3.8) is 0 Å². The Balaban J connectivity index is 1.96. The van der Waals surface area contributed by atoms with Crippen LogP contribution in [0.25, 0.3) is 0 Å². The Labute approximate surface area is 253 Å². The van der Waals surface area contributed by atoms with Crippen molar-refractivity contribution in [2.45, 2.75) is 44.7 Å². The molecule has 42 heavy (non-hydrogen) atoms. The molecule has 1 atom stereocenters. The fourth-order valence-corrected chi connectivity index (χ4v) is 6.63. The third-order valence-electron chi connectivity index (χ3n) is 5.91. The van der Waals surface area contributed by atoms with Gasteiger partial charge < -0.3 is 24.8 Å². The van der Waals surface area contributed by atoms with Gasteiger partial charge in [-0.25, -0.2) is 26.9 Å². The SMILES string of the molecule is CNC(=O)OC(CNc1cc(F)c(S(=O)(=O)N(Cc2ccc(OC)cc2OC)c2ncc(F)s2)cc1Cl)CC(C)(C)C. The molecule has 0 spiro atoms. The van der Waals surface area contributed by atoms with Gasteiger partial charge in [-0.1, -0.05) is 43.7 Å². The third-order valence-corrected chi connectivity index (χ3v) is 8.90. The van der Waals surface area contributed by atoms with Gasteiger partial charge in [0.1, 0.15) is 28.3 Å². The Bertz CT molecular complexity index is 1510. The van der Waals surface area contributed by atoms with Crippen molar-refractivity contribution < 1.29 is 36.2 Å². The number of benzene rings is 2. The zero-order valence-corrected chi connectivity index (χ0v) is 26.3. The molecule has 3 rings (SSSR count). The van der Waals surface area contributed by atoms with Crippen LogP contribution < -0.4 is 24.4 Å². The Kier molecular flexibility index (Phi) is 10.8. The number of alkyl carbamates (subject to hydrolysis) is 1. The number of carbonyl (C=O) groups is 1. The van der Waals surface area contributed by atoms with E-state index < -0.39 is 38.1 Å². The van der Waals surface area contributed by atoms with Crippen molar-refractivity contribution >= 4 is 49.9 Å². The number of hydrogen-bond acceptors (Lipinski definition) is 9. The lowest BCUT2D eigenvalue weighted by Gasteiger charge is -2.27. The molecule has 230 valence electrons. The molecular weight excluding hydrogens is 614 g/mol. The van der Waals surface area contributed by atoms with Gasteiger partial charge >= 0.3 is 6.09 Å². The van der Waals surface area contributed by atoms with Gasteiger partial charge in [0.05, 0.1) is 44.2 Å². The lowest BCUT2D eigenvalue weighted by atomic mass is 9.89. The largest absolute Gasteiger partial charge is 0.497 e. The van der Waals surface area contributed by atoms with Crippen molar-refractivity contribution in [3.05, 3.63) is 58.1 Å². The van der Waals surface area contributed by atoms with Crippen LogP contribution in [0.1, 0.15) is 32.8 Å². The van der Waals surface area contributed by atoms with Crippen molar-refractivity contribution in [1.29, 1.82) is 0 Å². The smallest absolute Gasteiger partial charge is 0.407 e. The van der Waals surface area contributed by atoms with Gasteiger partial charge in [-0.2, -0.15) is 4.39 Å². The second-order valence-electron chi connectivity index (χ2n) is 10.3. The maximum Gasteiger partial charge on any atom is 0.407 e. The van der Waals surface area contributed by atoms with Crippen LogP contribution in [-0.2, 0) is 21.3 Å². The molecule has 2 aromatic carbocycles. The van der Waals surface area contributed by atoms with E-state index in [0.29, 0.717) is 34.8 Å². The van der Waals surface area contributed by atoms with Crippen molar-refractivity contribution in [2.24, 2.45) is 5.41 Å². The van der Waals surface area contributed by atoms with Gasteiger partial charge in [-0.15, -0.1) is 0 Å². The number of aromatic nitrogens is 1. The Morgan fingerprint density at radius 1 is 1.17 bits per heavy atom. The summed E-state index contributed by atoms with van der Waals surface area (Å²) in [7, 11) is -0.361. The number of methoxy groups -OCH3 is 2. The highest BCUT2D eigenvalue weighted by Gasteiger charge is 2.32. The quantitative estimate of drug-likeness (QED) is 0.244. The molecule has 1 heterocycles. The number of nitrogens with zero attached hydrogens (tertiary/aromatic N) is 2. The number of anilines is 2. The standard InChI is InChI=1S/C27H33ClF2N4O6S2/c1-27(2,3)12-18(40-26(35)31-4)13-32-21-11-20(29)23(10-19(21)28)42(36,37)34(25-33-14-24(30)41-25)15-16-7-8-17(38-5)9-22(16)39-6/h7-11,14,18,32H,12-13,15H2,1-6H3,(H,31,35). The molecule has 0 aliphatic heterocycles. The molecule has 0 bridgehead atoms. The van der Waals surface area contributed by atoms with Crippen molar-refractivity contribution in [2.75, 3.05) is 37.4 Å². The molecule has 1 amide bonds. The first-order valence-corrected chi connectivity index (χ1v) is 15.3. The lowest BCUT2D eigenvalue weighted by molar-refractivity contribution is 0.0806. The predicted molar refractivity (Wildman–Crippen MR) is 158 cm³/mol. The fourth-order valence-electron chi connectivity index (χ4n) is 4.01. The normalized spacial score (nSPS) is 12.4. The molecule has 10 nitrogen and oxygen atoms in total. The van der Waals surface area contributed by atoms with Crippen LogP contribution in [0.2, 0.25) is 5.02 Å². The molecular formula is C27H33ClF2N4O6S2. The predicted octanol–water partition coefficient (Wildman–Crippen LogP) is 6.06. The average Bonchev–Trinajstić information content (AvgIpc) is 3.35. The summed E-state index contributed by atoms with van der Waals surface area (Å²) < 4.78 is 74.0. The summed E-state index contributed by atoms with van der Waals surface area (Å²) in [6, 6.07) is 6.65. The van der Waals surface area contributed by atoms with Gasteiger partial charge in [0, 0.05) is 18.7 Å². The summed E-state index contributed by atoms with van der Waals surface area (Å²) in [6.45, 7) is 5.64. The van der Waals surface area contributed by atoms with E-state index >= 15 is 4.39 Å². The monoisotopic (exact) mass is 646 g/mol. The van der Waals surface area contributed by atoms with E-state index in [0.717, 1.165) is 22.6 Å². The number of halogens is 3. The van der Waals surface area contributed by atoms with E-state index in [4.69, 9.17) is 25.8 Å². The molecule has 1 aromatic heterocycles. The molecule has 0 saturated heterocycles. The number of nitrogens with one attached hydrogen (secondary N) is 2. The summed E-state index contributed by atoms with van der Waals surface area (Å²) in [5, 5.41) is 4.28. The summed E-state index contributed by atoms with van der Waals surface area (Å²) >= 11 is 6.90. The number of rotatable bonds is 12. The van der Waals surface area contributed by atoms with Crippen molar-refractivity contribution in [3.8, 4) is 11.5 Å². The van der Waals surface area contributed by atoms with E-state index in [2.05, 4.69) is 15.6 Å². The summed E-state index contributed by atoms with van der Waals surface area (Å²) in [5.74, 6) is -0.338. The van der Waals surface area contributed by atoms with Crippen LogP contribution in [0.4, 0.5) is 24.4 Å². The summed E-state index contributed by atoms with van der Waals surface area (Å²) in [4.78, 5) is 15.0. The number of amides is 1. The fraction of sp³-hybridized carbons (Fsp3) is 0.407. The van der Waals surface area contributed by atoms with Crippen LogP contribution in [0.3, 0.4) is 0 Å². The van der Waals surface area contributed by atoms with E-state index in [1.165, 1.54) is 21.3 Å². The molecule has 0 aliphatic carbocycles. The first-order chi connectivity index (χ1) is 19.7. The second kappa shape index (κ2) is 13.7. The minimum atomic E-state index is -4.66. The Morgan fingerprint density at radius 2 is 1.88 bits per heavy atom. The zero-order chi connectivity index (χ0) is 31.2. The van der Waals surface area contributed by atoms with Crippen LogP contribution in [0, 0.1) is 16.4 Å². The number of carbonyl (C=O) groups excluding carboxylic acids is 1. The summed E-state index contributed by atoms with van der Waals surface area (Å²) in [6.07, 6.45) is 0.131. The first-order valence-electron chi connectivity index (χ1n) is 12.6. The highest BCUT2D eigenvalue weighted by atomic mass is 35.5. The van der Waals surface area contributed by atoms with Crippen LogP contribution in [-0.4, -0.2) is 53.4 Å². The third kappa shape index (κ3) is 8.35.